The minimum absolute atomic E-state index is 0.189. The van der Waals surface area contributed by atoms with Crippen LogP contribution in [-0.2, 0) is 0 Å². The molecule has 1 saturated carbocycles. The van der Waals surface area contributed by atoms with Crippen molar-refractivity contribution in [3.05, 3.63) is 22.8 Å². The summed E-state index contributed by atoms with van der Waals surface area (Å²) in [5.74, 6) is 0.976. The third-order valence-electron chi connectivity index (χ3n) is 3.11. The Labute approximate surface area is 105 Å². The van der Waals surface area contributed by atoms with E-state index in [1.54, 1.807) is 0 Å². The van der Waals surface area contributed by atoms with Crippen LogP contribution in [0.15, 0.2) is 22.8 Å². The molecular formula is C12H17BrN2O. The summed E-state index contributed by atoms with van der Waals surface area (Å²) in [6, 6.07) is 4.57. The zero-order valence-electron chi connectivity index (χ0n) is 9.27. The average Bonchev–Trinajstić information content (AvgIpc) is 2.81. The van der Waals surface area contributed by atoms with E-state index < -0.39 is 0 Å². The van der Waals surface area contributed by atoms with E-state index in [1.165, 1.54) is 25.7 Å². The Kier molecular flexibility index (Phi) is 4.18. The Morgan fingerprint density at radius 1 is 1.38 bits per heavy atom. The maximum absolute atomic E-state index is 9.13. The molecular weight excluding hydrogens is 268 g/mol. The van der Waals surface area contributed by atoms with Crippen LogP contribution >= 0.6 is 15.9 Å². The molecule has 1 aromatic rings. The second-order valence-corrected chi connectivity index (χ2v) is 5.11. The number of nitrogens with zero attached hydrogens (tertiary/aromatic N) is 2. The number of aromatic nitrogens is 1. The Hall–Kier alpha value is -0.610. The molecule has 1 aliphatic carbocycles. The van der Waals surface area contributed by atoms with Gasteiger partial charge in [0.15, 0.2) is 0 Å². The van der Waals surface area contributed by atoms with E-state index in [2.05, 4.69) is 25.8 Å². The number of aliphatic hydroxyl groups excluding tert-OH is 1. The van der Waals surface area contributed by atoms with Gasteiger partial charge in [-0.05, 0) is 40.9 Å². The highest BCUT2D eigenvalue weighted by Crippen LogP contribution is 2.27. The van der Waals surface area contributed by atoms with Crippen LogP contribution in [0.2, 0.25) is 0 Å². The van der Waals surface area contributed by atoms with Crippen molar-refractivity contribution < 1.29 is 5.11 Å². The van der Waals surface area contributed by atoms with Gasteiger partial charge in [0.25, 0.3) is 0 Å². The predicted molar refractivity (Wildman–Crippen MR) is 68.6 cm³/mol. The van der Waals surface area contributed by atoms with Gasteiger partial charge in [0.05, 0.1) is 6.61 Å². The molecule has 0 saturated heterocycles. The van der Waals surface area contributed by atoms with Crippen molar-refractivity contribution in [2.75, 3.05) is 18.1 Å². The summed E-state index contributed by atoms with van der Waals surface area (Å²) < 4.78 is 0.992. The third kappa shape index (κ3) is 2.74. The largest absolute Gasteiger partial charge is 0.395 e. The Morgan fingerprint density at radius 3 is 2.69 bits per heavy atom. The fraction of sp³-hybridized carbons (Fsp3) is 0.583. The van der Waals surface area contributed by atoms with Crippen molar-refractivity contribution in [3.8, 4) is 0 Å². The number of hydrogen-bond donors (Lipinski definition) is 1. The lowest BCUT2D eigenvalue weighted by Crippen LogP contribution is -2.36. The maximum atomic E-state index is 9.13. The lowest BCUT2D eigenvalue weighted by molar-refractivity contribution is 0.297. The number of rotatable bonds is 4. The Bertz CT molecular complexity index is 322. The van der Waals surface area contributed by atoms with Gasteiger partial charge in [-0.25, -0.2) is 4.98 Å². The molecule has 0 radical (unpaired) electrons. The molecule has 4 heteroatoms. The van der Waals surface area contributed by atoms with E-state index >= 15 is 0 Å². The van der Waals surface area contributed by atoms with E-state index in [1.807, 2.05) is 18.3 Å². The van der Waals surface area contributed by atoms with E-state index in [4.69, 9.17) is 5.11 Å². The van der Waals surface area contributed by atoms with Crippen molar-refractivity contribution in [1.29, 1.82) is 0 Å². The van der Waals surface area contributed by atoms with Crippen LogP contribution in [0, 0.1) is 0 Å². The van der Waals surface area contributed by atoms with Crippen molar-refractivity contribution in [1.82, 2.24) is 4.98 Å². The highest BCUT2D eigenvalue weighted by atomic mass is 79.9. The SMILES string of the molecule is OCCN(c1ccc(Br)cn1)C1CCCC1. The summed E-state index contributed by atoms with van der Waals surface area (Å²) in [7, 11) is 0. The summed E-state index contributed by atoms with van der Waals surface area (Å²) in [6.45, 7) is 0.869. The van der Waals surface area contributed by atoms with Crippen LogP contribution in [0.25, 0.3) is 0 Å². The zero-order chi connectivity index (χ0) is 11.4. The van der Waals surface area contributed by atoms with Gasteiger partial charge >= 0.3 is 0 Å². The van der Waals surface area contributed by atoms with Crippen LogP contribution in [0.5, 0.6) is 0 Å². The van der Waals surface area contributed by atoms with Crippen molar-refractivity contribution >= 4 is 21.7 Å². The van der Waals surface area contributed by atoms with Crippen LogP contribution in [0.4, 0.5) is 5.82 Å². The second kappa shape index (κ2) is 5.64. The monoisotopic (exact) mass is 284 g/mol. The van der Waals surface area contributed by atoms with Crippen LogP contribution in [0.3, 0.4) is 0 Å². The van der Waals surface area contributed by atoms with Gasteiger partial charge in [-0.15, -0.1) is 0 Å². The minimum atomic E-state index is 0.189. The summed E-state index contributed by atoms with van der Waals surface area (Å²) in [6.07, 6.45) is 6.84. The molecule has 0 bridgehead atoms. The molecule has 0 amide bonds. The number of halogens is 1. The smallest absolute Gasteiger partial charge is 0.128 e. The molecule has 0 unspecified atom stereocenters. The number of aliphatic hydroxyl groups is 1. The van der Waals surface area contributed by atoms with Crippen molar-refractivity contribution in [2.45, 2.75) is 31.7 Å². The van der Waals surface area contributed by atoms with Crippen LogP contribution in [-0.4, -0.2) is 29.3 Å². The first-order valence-electron chi connectivity index (χ1n) is 5.80. The van der Waals surface area contributed by atoms with E-state index in [9.17, 15) is 0 Å². The topological polar surface area (TPSA) is 36.4 Å². The van der Waals surface area contributed by atoms with Gasteiger partial charge in [0.1, 0.15) is 5.82 Å². The molecule has 1 N–H and O–H groups in total. The molecule has 3 nitrogen and oxygen atoms in total. The normalized spacial score (nSPS) is 16.6. The molecule has 0 atom stereocenters. The van der Waals surface area contributed by atoms with Gasteiger partial charge < -0.3 is 10.0 Å². The highest BCUT2D eigenvalue weighted by molar-refractivity contribution is 9.10. The number of pyridine rings is 1. The lowest BCUT2D eigenvalue weighted by atomic mass is 10.2. The molecule has 88 valence electrons. The molecule has 0 spiro atoms. The molecule has 1 aliphatic rings. The third-order valence-corrected chi connectivity index (χ3v) is 3.58. The fourth-order valence-corrected chi connectivity index (χ4v) is 2.58. The zero-order valence-corrected chi connectivity index (χ0v) is 10.9. The first kappa shape index (κ1) is 11.9. The number of hydrogen-bond acceptors (Lipinski definition) is 3. The second-order valence-electron chi connectivity index (χ2n) is 4.19. The number of anilines is 1. The van der Waals surface area contributed by atoms with Gasteiger partial charge in [0.2, 0.25) is 0 Å². The summed E-state index contributed by atoms with van der Waals surface area (Å²) in [4.78, 5) is 6.65. The van der Waals surface area contributed by atoms with E-state index in [-0.39, 0.29) is 6.61 Å². The molecule has 2 rings (SSSR count). The maximum Gasteiger partial charge on any atom is 0.128 e. The highest BCUT2D eigenvalue weighted by Gasteiger charge is 2.23. The predicted octanol–water partition coefficient (Wildman–Crippen LogP) is 2.59. The first-order chi connectivity index (χ1) is 7.81. The van der Waals surface area contributed by atoms with Crippen LogP contribution in [0.1, 0.15) is 25.7 Å². The van der Waals surface area contributed by atoms with Crippen molar-refractivity contribution in [3.63, 3.8) is 0 Å². The fourth-order valence-electron chi connectivity index (χ4n) is 2.35. The molecule has 1 heterocycles. The van der Waals surface area contributed by atoms with E-state index in [0.29, 0.717) is 12.6 Å². The standard InChI is InChI=1S/C12H17BrN2O/c13-10-5-6-12(14-9-10)15(7-8-16)11-3-1-2-4-11/h5-6,9,11,16H,1-4,7-8H2. The molecule has 0 aliphatic heterocycles. The molecule has 16 heavy (non-hydrogen) atoms. The van der Waals surface area contributed by atoms with Crippen molar-refractivity contribution in [2.24, 2.45) is 0 Å². The molecule has 1 aromatic heterocycles. The van der Waals surface area contributed by atoms with Gasteiger partial charge in [-0.2, -0.15) is 0 Å². The van der Waals surface area contributed by atoms with Gasteiger partial charge in [-0.1, -0.05) is 12.8 Å². The average molecular weight is 285 g/mol. The lowest BCUT2D eigenvalue weighted by Gasteiger charge is -2.29. The van der Waals surface area contributed by atoms with Gasteiger partial charge in [-0.3, -0.25) is 0 Å². The molecule has 1 fully saturated rings. The first-order valence-corrected chi connectivity index (χ1v) is 6.59. The van der Waals surface area contributed by atoms with Gasteiger partial charge in [0, 0.05) is 23.3 Å². The quantitative estimate of drug-likeness (QED) is 0.923. The van der Waals surface area contributed by atoms with E-state index in [0.717, 1.165) is 10.3 Å². The Balaban J connectivity index is 2.14. The Morgan fingerprint density at radius 2 is 2.12 bits per heavy atom. The minimum Gasteiger partial charge on any atom is -0.395 e. The summed E-state index contributed by atoms with van der Waals surface area (Å²) in [5, 5.41) is 9.13. The summed E-state index contributed by atoms with van der Waals surface area (Å²) >= 11 is 3.39. The molecule has 0 aromatic carbocycles. The summed E-state index contributed by atoms with van der Waals surface area (Å²) in [5.41, 5.74) is 0. The van der Waals surface area contributed by atoms with Crippen LogP contribution < -0.4 is 4.90 Å².